The summed E-state index contributed by atoms with van der Waals surface area (Å²) in [7, 11) is 0. The van der Waals surface area contributed by atoms with Crippen LogP contribution in [-0.4, -0.2) is 6.10 Å². The summed E-state index contributed by atoms with van der Waals surface area (Å²) < 4.78 is 19.1. The highest BCUT2D eigenvalue weighted by molar-refractivity contribution is 9.10. The highest BCUT2D eigenvalue weighted by Crippen LogP contribution is 2.33. The first-order chi connectivity index (χ1) is 5.77. The Morgan fingerprint density at radius 1 is 1.42 bits per heavy atom. The Morgan fingerprint density at radius 3 is 2.75 bits per heavy atom. The van der Waals surface area contributed by atoms with Gasteiger partial charge in [0, 0.05) is 0 Å². The van der Waals surface area contributed by atoms with Gasteiger partial charge in [0.05, 0.1) is 10.6 Å². The van der Waals surface area contributed by atoms with Crippen LogP contribution in [0.2, 0.25) is 0 Å². The van der Waals surface area contributed by atoms with Crippen molar-refractivity contribution >= 4 is 15.9 Å². The predicted octanol–water partition coefficient (Wildman–Crippen LogP) is 3.13. The molecule has 0 atom stereocenters. The molecule has 0 bridgehead atoms. The molecule has 0 unspecified atom stereocenters. The van der Waals surface area contributed by atoms with Crippen LogP contribution in [0, 0.1) is 5.82 Å². The van der Waals surface area contributed by atoms with Crippen LogP contribution in [0.3, 0.4) is 0 Å². The molecule has 1 aliphatic rings. The summed E-state index contributed by atoms with van der Waals surface area (Å²) in [6, 6.07) is 4.84. The lowest BCUT2D eigenvalue weighted by atomic mass is 10.3. The molecule has 12 heavy (non-hydrogen) atoms. The van der Waals surface area contributed by atoms with E-state index in [1.54, 1.807) is 12.1 Å². The SMILES string of the molecule is Fc1cccc(Br)c1OC1CC1. The third-order valence-corrected chi connectivity index (χ3v) is 2.35. The number of ether oxygens (including phenoxy) is 1. The molecule has 0 radical (unpaired) electrons. The lowest BCUT2D eigenvalue weighted by Gasteiger charge is -2.06. The lowest BCUT2D eigenvalue weighted by Crippen LogP contribution is -1.98. The van der Waals surface area contributed by atoms with Crippen molar-refractivity contribution in [3.05, 3.63) is 28.5 Å². The Hall–Kier alpha value is -0.570. The van der Waals surface area contributed by atoms with E-state index in [-0.39, 0.29) is 11.9 Å². The van der Waals surface area contributed by atoms with Crippen molar-refractivity contribution in [2.45, 2.75) is 18.9 Å². The number of benzene rings is 1. The monoisotopic (exact) mass is 230 g/mol. The fourth-order valence-electron chi connectivity index (χ4n) is 0.948. The average Bonchev–Trinajstić information content (AvgIpc) is 2.80. The van der Waals surface area contributed by atoms with Crippen molar-refractivity contribution in [2.75, 3.05) is 0 Å². The second-order valence-electron chi connectivity index (χ2n) is 2.87. The van der Waals surface area contributed by atoms with Crippen LogP contribution in [0.5, 0.6) is 5.75 Å². The van der Waals surface area contributed by atoms with Crippen LogP contribution in [0.25, 0.3) is 0 Å². The Labute approximate surface area is 78.7 Å². The normalized spacial score (nSPS) is 16.2. The van der Waals surface area contributed by atoms with Crippen LogP contribution in [0.4, 0.5) is 4.39 Å². The molecule has 1 aliphatic carbocycles. The molecular weight excluding hydrogens is 223 g/mol. The molecule has 1 aromatic carbocycles. The summed E-state index contributed by atoms with van der Waals surface area (Å²) in [6.45, 7) is 0. The van der Waals surface area contributed by atoms with Gasteiger partial charge in [-0.2, -0.15) is 0 Å². The number of halogens is 2. The van der Waals surface area contributed by atoms with Crippen molar-refractivity contribution in [2.24, 2.45) is 0 Å². The quantitative estimate of drug-likeness (QED) is 0.759. The third kappa shape index (κ3) is 1.61. The van der Waals surface area contributed by atoms with E-state index in [2.05, 4.69) is 15.9 Å². The Balaban J connectivity index is 2.26. The molecule has 0 aromatic heterocycles. The van der Waals surface area contributed by atoms with Crippen molar-refractivity contribution in [1.29, 1.82) is 0 Å². The molecule has 1 fully saturated rings. The molecule has 1 aromatic rings. The van der Waals surface area contributed by atoms with Crippen LogP contribution >= 0.6 is 15.9 Å². The molecule has 64 valence electrons. The zero-order valence-corrected chi connectivity index (χ0v) is 7.97. The van der Waals surface area contributed by atoms with Crippen LogP contribution in [0.15, 0.2) is 22.7 Å². The number of hydrogen-bond acceptors (Lipinski definition) is 1. The minimum absolute atomic E-state index is 0.234. The molecular formula is C9H8BrFO. The van der Waals surface area contributed by atoms with Gasteiger partial charge in [0.2, 0.25) is 0 Å². The maximum absolute atomic E-state index is 13.1. The summed E-state index contributed by atoms with van der Waals surface area (Å²) >= 11 is 3.24. The van der Waals surface area contributed by atoms with Gasteiger partial charge in [-0.3, -0.25) is 0 Å². The molecule has 0 aliphatic heterocycles. The molecule has 1 nitrogen and oxygen atoms in total. The molecule has 0 N–H and O–H groups in total. The van der Waals surface area contributed by atoms with E-state index in [9.17, 15) is 4.39 Å². The minimum Gasteiger partial charge on any atom is -0.486 e. The second-order valence-corrected chi connectivity index (χ2v) is 3.72. The van der Waals surface area contributed by atoms with E-state index in [1.807, 2.05) is 0 Å². The summed E-state index contributed by atoms with van der Waals surface area (Å²) in [5.74, 6) is 0.0521. The Kier molecular flexibility index (Phi) is 2.05. The zero-order chi connectivity index (χ0) is 8.55. The maximum Gasteiger partial charge on any atom is 0.169 e. The maximum atomic E-state index is 13.1. The topological polar surface area (TPSA) is 9.23 Å². The summed E-state index contributed by atoms with van der Waals surface area (Å²) in [4.78, 5) is 0. The first kappa shape index (κ1) is 8.05. The van der Waals surface area contributed by atoms with Crippen molar-refractivity contribution in [1.82, 2.24) is 0 Å². The largest absolute Gasteiger partial charge is 0.486 e. The van der Waals surface area contributed by atoms with Gasteiger partial charge in [0.15, 0.2) is 11.6 Å². The second kappa shape index (κ2) is 3.05. The van der Waals surface area contributed by atoms with Gasteiger partial charge < -0.3 is 4.74 Å². The minimum atomic E-state index is -0.295. The molecule has 2 rings (SSSR count). The smallest absolute Gasteiger partial charge is 0.169 e. The first-order valence-corrected chi connectivity index (χ1v) is 4.67. The summed E-state index contributed by atoms with van der Waals surface area (Å²) in [5, 5.41) is 0. The highest BCUT2D eigenvalue weighted by Gasteiger charge is 2.25. The van der Waals surface area contributed by atoms with E-state index in [0.717, 1.165) is 12.8 Å². The Morgan fingerprint density at radius 2 is 2.17 bits per heavy atom. The van der Waals surface area contributed by atoms with Gasteiger partial charge in [0.1, 0.15) is 0 Å². The Bertz CT molecular complexity index is 276. The van der Waals surface area contributed by atoms with Gasteiger partial charge in [0.25, 0.3) is 0 Å². The number of hydrogen-bond donors (Lipinski definition) is 0. The molecule has 1 saturated carbocycles. The van der Waals surface area contributed by atoms with Gasteiger partial charge in [-0.25, -0.2) is 4.39 Å². The predicted molar refractivity (Wildman–Crippen MR) is 47.8 cm³/mol. The van der Waals surface area contributed by atoms with E-state index in [4.69, 9.17) is 4.74 Å². The third-order valence-electron chi connectivity index (χ3n) is 1.73. The number of para-hydroxylation sites is 1. The highest BCUT2D eigenvalue weighted by atomic mass is 79.9. The fraction of sp³-hybridized carbons (Fsp3) is 0.333. The molecule has 0 amide bonds. The van der Waals surface area contributed by atoms with Crippen molar-refractivity contribution in [3.63, 3.8) is 0 Å². The average molecular weight is 231 g/mol. The van der Waals surface area contributed by atoms with Crippen molar-refractivity contribution in [3.8, 4) is 5.75 Å². The molecule has 0 heterocycles. The van der Waals surface area contributed by atoms with E-state index < -0.39 is 0 Å². The standard InChI is InChI=1S/C9H8BrFO/c10-7-2-1-3-8(11)9(7)12-6-4-5-6/h1-3,6H,4-5H2. The summed E-state index contributed by atoms with van der Waals surface area (Å²) in [5.41, 5.74) is 0. The first-order valence-electron chi connectivity index (χ1n) is 3.88. The molecule has 3 heteroatoms. The van der Waals surface area contributed by atoms with E-state index >= 15 is 0 Å². The zero-order valence-electron chi connectivity index (χ0n) is 6.39. The van der Waals surface area contributed by atoms with Crippen molar-refractivity contribution < 1.29 is 9.13 Å². The van der Waals surface area contributed by atoms with E-state index in [0.29, 0.717) is 10.2 Å². The van der Waals surface area contributed by atoms with Gasteiger partial charge >= 0.3 is 0 Å². The van der Waals surface area contributed by atoms with Gasteiger partial charge in [-0.1, -0.05) is 6.07 Å². The van der Waals surface area contributed by atoms with Gasteiger partial charge in [-0.05, 0) is 40.9 Å². The fourth-order valence-corrected chi connectivity index (χ4v) is 1.38. The lowest BCUT2D eigenvalue weighted by molar-refractivity contribution is 0.285. The van der Waals surface area contributed by atoms with Crippen LogP contribution < -0.4 is 4.74 Å². The van der Waals surface area contributed by atoms with Crippen LogP contribution in [0.1, 0.15) is 12.8 Å². The number of rotatable bonds is 2. The summed E-state index contributed by atoms with van der Waals surface area (Å²) in [6.07, 6.45) is 2.32. The van der Waals surface area contributed by atoms with Gasteiger partial charge in [-0.15, -0.1) is 0 Å². The molecule has 0 spiro atoms. The van der Waals surface area contributed by atoms with E-state index in [1.165, 1.54) is 6.07 Å². The van der Waals surface area contributed by atoms with Crippen LogP contribution in [-0.2, 0) is 0 Å². The molecule has 0 saturated heterocycles.